The van der Waals surface area contributed by atoms with Gasteiger partial charge in [0.1, 0.15) is 0 Å². The molecule has 0 atom stereocenters. The Morgan fingerprint density at radius 3 is 2.33 bits per heavy atom. The smallest absolute Gasteiger partial charge is 0.0575 e. The lowest BCUT2D eigenvalue weighted by atomic mass is 10.0. The van der Waals surface area contributed by atoms with Crippen molar-refractivity contribution < 1.29 is 1.37 Å². The van der Waals surface area contributed by atoms with Crippen LogP contribution in [0.25, 0.3) is 0 Å². The number of hydrogen-bond donors (Lipinski definition) is 0. The molecule has 0 N–H and O–H groups in total. The van der Waals surface area contributed by atoms with Gasteiger partial charge in [0, 0.05) is 0 Å². The Labute approximate surface area is 79.5 Å². The van der Waals surface area contributed by atoms with E-state index in [0.29, 0.717) is 0 Å². The highest BCUT2D eigenvalue weighted by molar-refractivity contribution is 5.00. The lowest BCUT2D eigenvalue weighted by molar-refractivity contribution is 0.749. The maximum atomic E-state index is 7.89. The average molecular weight is 169 g/mol. The zero-order chi connectivity index (χ0) is 10.1. The van der Waals surface area contributed by atoms with Crippen molar-refractivity contribution >= 4 is 0 Å². The van der Waals surface area contributed by atoms with E-state index in [0.717, 1.165) is 25.3 Å². The third-order valence-corrected chi connectivity index (χ3v) is 2.16. The summed E-state index contributed by atoms with van der Waals surface area (Å²) in [7, 11) is 0. The fourth-order valence-electron chi connectivity index (χ4n) is 1.22. The predicted molar refractivity (Wildman–Crippen MR) is 57.4 cm³/mol. The maximum absolute atomic E-state index is 7.89. The summed E-state index contributed by atoms with van der Waals surface area (Å²) in [5.41, 5.74) is 1.38. The first-order chi connectivity index (χ1) is 6.26. The largest absolute Gasteiger partial charge is 0.0853 e. The molecular formula is C12H24. The summed E-state index contributed by atoms with van der Waals surface area (Å²) < 4.78 is 7.89. The molecule has 0 rings (SSSR count). The number of rotatable bonds is 7. The van der Waals surface area contributed by atoms with E-state index in [4.69, 9.17) is 1.37 Å². The first-order valence-electron chi connectivity index (χ1n) is 5.93. The van der Waals surface area contributed by atoms with Crippen molar-refractivity contribution in [1.29, 1.82) is 0 Å². The molecule has 72 valence electrons. The molecule has 0 aromatic rings. The van der Waals surface area contributed by atoms with E-state index in [-0.39, 0.29) is 0 Å². The minimum Gasteiger partial charge on any atom is -0.0853 e. The van der Waals surface area contributed by atoms with Crippen LogP contribution >= 0.6 is 0 Å². The Balaban J connectivity index is 3.97. The molecule has 0 nitrogen and oxygen atoms in total. The molecule has 0 aliphatic carbocycles. The van der Waals surface area contributed by atoms with Crippen LogP contribution in [-0.4, -0.2) is 0 Å². The summed E-state index contributed by atoms with van der Waals surface area (Å²) in [6, 6.07) is 0.915. The highest BCUT2D eigenvalue weighted by Crippen LogP contribution is 2.12. The fourth-order valence-corrected chi connectivity index (χ4v) is 1.22. The molecule has 0 bridgehead atoms. The van der Waals surface area contributed by atoms with Crippen molar-refractivity contribution in [2.45, 2.75) is 65.7 Å². The summed E-state index contributed by atoms with van der Waals surface area (Å²) in [4.78, 5) is 0. The zero-order valence-corrected chi connectivity index (χ0v) is 8.95. The van der Waals surface area contributed by atoms with E-state index < -0.39 is 0 Å². The van der Waals surface area contributed by atoms with Gasteiger partial charge in [-0.15, -0.1) is 0 Å². The van der Waals surface area contributed by atoms with Gasteiger partial charge >= 0.3 is 0 Å². The Bertz CT molecular complexity index is 147. The van der Waals surface area contributed by atoms with Crippen LogP contribution in [0.3, 0.4) is 0 Å². The van der Waals surface area contributed by atoms with E-state index in [9.17, 15) is 0 Å². The summed E-state index contributed by atoms with van der Waals surface area (Å²) in [6.45, 7) is 6.57. The Kier molecular flexibility index (Phi) is 7.23. The van der Waals surface area contributed by atoms with E-state index >= 15 is 0 Å². The minimum absolute atomic E-state index is 0.915. The van der Waals surface area contributed by atoms with Gasteiger partial charge in [0.15, 0.2) is 0 Å². The number of unbranched alkanes of at least 4 members (excludes halogenated alkanes) is 2. The number of allylic oxidation sites excluding steroid dienone is 2. The molecule has 0 radical (unpaired) electrons. The Morgan fingerprint density at radius 1 is 1.17 bits per heavy atom. The quantitative estimate of drug-likeness (QED) is 0.484. The fraction of sp³-hybridized carbons (Fsp3) is 0.833. The lowest BCUT2D eigenvalue weighted by Gasteiger charge is -2.02. The van der Waals surface area contributed by atoms with Gasteiger partial charge in [-0.1, -0.05) is 51.7 Å². The summed E-state index contributed by atoms with van der Waals surface area (Å²) in [6.07, 6.45) is 8.07. The molecule has 0 saturated carbocycles. The first-order valence-corrected chi connectivity index (χ1v) is 5.43. The van der Waals surface area contributed by atoms with Crippen molar-refractivity contribution in [2.75, 3.05) is 0 Å². The third-order valence-electron chi connectivity index (χ3n) is 2.16. The standard InChI is InChI=1S/C12H24/c1-4-7-9-11-12(6-3)10-8-5-2/h11H,4-10H2,1-3H3/b12-11-/i11D. The van der Waals surface area contributed by atoms with Crippen LogP contribution in [0.15, 0.2) is 11.6 Å². The van der Waals surface area contributed by atoms with Crippen LogP contribution in [0.1, 0.15) is 67.1 Å². The summed E-state index contributed by atoms with van der Waals surface area (Å²) in [5.74, 6) is 0. The van der Waals surface area contributed by atoms with Crippen LogP contribution < -0.4 is 0 Å². The highest BCUT2D eigenvalue weighted by Gasteiger charge is 1.92. The second-order valence-electron chi connectivity index (χ2n) is 3.34. The second-order valence-corrected chi connectivity index (χ2v) is 3.34. The number of hydrogen-bond acceptors (Lipinski definition) is 0. The topological polar surface area (TPSA) is 0 Å². The zero-order valence-electron chi connectivity index (χ0n) is 9.95. The third kappa shape index (κ3) is 6.45. The van der Waals surface area contributed by atoms with Gasteiger partial charge in [0.2, 0.25) is 0 Å². The van der Waals surface area contributed by atoms with Crippen LogP contribution in [-0.2, 0) is 0 Å². The van der Waals surface area contributed by atoms with Crippen LogP contribution in [0, 0.1) is 0 Å². The van der Waals surface area contributed by atoms with Gasteiger partial charge in [0.25, 0.3) is 0 Å². The molecule has 0 aliphatic heterocycles. The molecule has 0 aromatic heterocycles. The molecule has 0 fully saturated rings. The molecule has 0 saturated heterocycles. The van der Waals surface area contributed by atoms with E-state index in [1.165, 1.54) is 31.3 Å². The van der Waals surface area contributed by atoms with Gasteiger partial charge in [0.05, 0.1) is 1.37 Å². The van der Waals surface area contributed by atoms with Gasteiger partial charge in [-0.2, -0.15) is 0 Å². The molecule has 0 heteroatoms. The molecule has 0 heterocycles. The predicted octanol–water partition coefficient (Wildman–Crippen LogP) is 4.70. The molecule has 0 amide bonds. The molecule has 0 unspecified atom stereocenters. The van der Waals surface area contributed by atoms with Crippen molar-refractivity contribution in [3.63, 3.8) is 0 Å². The molecule has 0 spiro atoms. The summed E-state index contributed by atoms with van der Waals surface area (Å²) in [5, 5.41) is 0. The van der Waals surface area contributed by atoms with Crippen molar-refractivity contribution in [3.05, 3.63) is 11.6 Å². The molecular weight excluding hydrogens is 144 g/mol. The van der Waals surface area contributed by atoms with Crippen LogP contribution in [0.2, 0.25) is 0 Å². The van der Waals surface area contributed by atoms with E-state index in [2.05, 4.69) is 20.8 Å². The maximum Gasteiger partial charge on any atom is 0.0575 e. The van der Waals surface area contributed by atoms with Gasteiger partial charge in [-0.3, -0.25) is 0 Å². The SMILES string of the molecule is [2H]/C(CCCC)=C(\CC)CCCC. The van der Waals surface area contributed by atoms with Gasteiger partial charge in [-0.05, 0) is 25.7 Å². The first kappa shape index (κ1) is 9.83. The minimum atomic E-state index is 0.915. The monoisotopic (exact) mass is 169 g/mol. The molecule has 12 heavy (non-hydrogen) atoms. The normalized spacial score (nSPS) is 14.1. The van der Waals surface area contributed by atoms with Crippen LogP contribution in [0.4, 0.5) is 0 Å². The van der Waals surface area contributed by atoms with Gasteiger partial charge in [-0.25, -0.2) is 0 Å². The highest BCUT2D eigenvalue weighted by atomic mass is 14.0. The van der Waals surface area contributed by atoms with Crippen molar-refractivity contribution in [2.24, 2.45) is 0 Å². The van der Waals surface area contributed by atoms with Crippen LogP contribution in [0.5, 0.6) is 0 Å². The summed E-state index contributed by atoms with van der Waals surface area (Å²) >= 11 is 0. The molecule has 0 aromatic carbocycles. The Morgan fingerprint density at radius 2 is 1.83 bits per heavy atom. The van der Waals surface area contributed by atoms with E-state index in [1.54, 1.807) is 0 Å². The van der Waals surface area contributed by atoms with Gasteiger partial charge < -0.3 is 0 Å². The van der Waals surface area contributed by atoms with Crippen molar-refractivity contribution in [3.8, 4) is 0 Å². The van der Waals surface area contributed by atoms with E-state index in [1.807, 2.05) is 0 Å². The molecule has 0 aliphatic rings. The lowest BCUT2D eigenvalue weighted by Crippen LogP contribution is -1.82. The second kappa shape index (κ2) is 8.83. The van der Waals surface area contributed by atoms with Crippen molar-refractivity contribution in [1.82, 2.24) is 0 Å². The Hall–Kier alpha value is -0.260. The average Bonchev–Trinajstić information content (AvgIpc) is 2.16.